The van der Waals surface area contributed by atoms with E-state index in [0.29, 0.717) is 12.3 Å². The lowest BCUT2D eigenvalue weighted by Gasteiger charge is -2.34. The summed E-state index contributed by atoms with van der Waals surface area (Å²) in [4.78, 5) is 1.15. The minimum absolute atomic E-state index is 0.536. The molecule has 0 bridgehead atoms. The zero-order chi connectivity index (χ0) is 17.0. The van der Waals surface area contributed by atoms with Crippen LogP contribution in [0.5, 0.6) is 0 Å². The molecule has 1 nitrogen and oxygen atoms in total. The molecule has 134 valence electrons. The third-order valence-electron chi connectivity index (χ3n) is 5.07. The Labute approximate surface area is 144 Å². The minimum atomic E-state index is -1.18. The fraction of sp³-hybridized carbons (Fsp3) is 0.810. The van der Waals surface area contributed by atoms with Gasteiger partial charge in [0.05, 0.1) is 19.5 Å². The summed E-state index contributed by atoms with van der Waals surface area (Å²) < 4.78 is 15.3. The van der Waals surface area contributed by atoms with E-state index in [4.69, 9.17) is 0 Å². The maximum Gasteiger partial charge on any atom is 0.263 e. The van der Waals surface area contributed by atoms with Crippen molar-refractivity contribution in [1.82, 2.24) is 0 Å². The van der Waals surface area contributed by atoms with Crippen LogP contribution in [0.2, 0.25) is 0 Å². The number of halogens is 1. The van der Waals surface area contributed by atoms with E-state index in [1.165, 1.54) is 51.4 Å². The van der Waals surface area contributed by atoms with E-state index in [1.807, 2.05) is 18.2 Å². The summed E-state index contributed by atoms with van der Waals surface area (Å²) in [5.41, 5.74) is 0. The molecule has 0 fully saturated rings. The summed E-state index contributed by atoms with van der Waals surface area (Å²) >= 11 is 0. The fourth-order valence-electron chi connectivity index (χ4n) is 3.65. The van der Waals surface area contributed by atoms with Crippen LogP contribution in [-0.2, 0) is 0 Å². The Bertz CT molecular complexity index is 350. The standard InChI is InChI=1S/C21H38FN/c1-4-6-7-8-9-10-14-18-23(19-20(3)15-5-2)21(22)16-12-11-13-17-21/h11-13,16,20H,4-10,14-15,17-19H2,1-3H3/p+1. The summed E-state index contributed by atoms with van der Waals surface area (Å²) in [5, 5.41) is 0. The molecule has 1 aliphatic rings. The minimum Gasteiger partial charge on any atom is -0.299 e. The van der Waals surface area contributed by atoms with Gasteiger partial charge in [-0.25, -0.2) is 0 Å². The van der Waals surface area contributed by atoms with Crippen molar-refractivity contribution in [3.05, 3.63) is 24.3 Å². The lowest BCUT2D eigenvalue weighted by atomic mass is 9.99. The number of hydrogen-bond acceptors (Lipinski definition) is 0. The molecule has 0 aromatic carbocycles. The molecule has 3 atom stereocenters. The molecule has 0 saturated carbocycles. The first-order valence-corrected chi connectivity index (χ1v) is 10.0. The topological polar surface area (TPSA) is 4.44 Å². The molecule has 0 saturated heterocycles. The van der Waals surface area contributed by atoms with Gasteiger partial charge in [0.1, 0.15) is 0 Å². The second-order valence-corrected chi connectivity index (χ2v) is 7.43. The molecular formula is C21H39FN+. The summed E-state index contributed by atoms with van der Waals surface area (Å²) in [5.74, 6) is -0.578. The summed E-state index contributed by atoms with van der Waals surface area (Å²) in [7, 11) is 0. The second kappa shape index (κ2) is 11.8. The smallest absolute Gasteiger partial charge is 0.263 e. The van der Waals surface area contributed by atoms with Crippen LogP contribution in [0.3, 0.4) is 0 Å². The first-order valence-electron chi connectivity index (χ1n) is 10.0. The van der Waals surface area contributed by atoms with E-state index in [2.05, 4.69) is 20.8 Å². The van der Waals surface area contributed by atoms with E-state index in [-0.39, 0.29) is 0 Å². The van der Waals surface area contributed by atoms with Gasteiger partial charge in [0.2, 0.25) is 0 Å². The average molecular weight is 325 g/mol. The van der Waals surface area contributed by atoms with Gasteiger partial charge in [0.25, 0.3) is 5.79 Å². The molecule has 1 aliphatic carbocycles. The molecule has 0 radical (unpaired) electrons. The fourth-order valence-corrected chi connectivity index (χ4v) is 3.65. The van der Waals surface area contributed by atoms with Crippen LogP contribution in [0.1, 0.15) is 85.0 Å². The molecule has 0 aliphatic heterocycles. The Balaban J connectivity index is 2.42. The first-order chi connectivity index (χ1) is 11.1. The summed E-state index contributed by atoms with van der Waals surface area (Å²) in [6, 6.07) is 0. The highest BCUT2D eigenvalue weighted by molar-refractivity contribution is 5.14. The van der Waals surface area contributed by atoms with Gasteiger partial charge >= 0.3 is 0 Å². The highest BCUT2D eigenvalue weighted by atomic mass is 19.1. The molecule has 0 aromatic rings. The molecule has 2 heteroatoms. The normalized spacial score (nSPS) is 23.1. The highest BCUT2D eigenvalue weighted by Gasteiger charge is 2.38. The average Bonchev–Trinajstić information content (AvgIpc) is 2.54. The molecule has 1 N–H and O–H groups in total. The molecule has 3 unspecified atom stereocenters. The van der Waals surface area contributed by atoms with E-state index in [1.54, 1.807) is 6.08 Å². The van der Waals surface area contributed by atoms with E-state index in [0.717, 1.165) is 24.4 Å². The Morgan fingerprint density at radius 1 is 1.00 bits per heavy atom. The van der Waals surface area contributed by atoms with E-state index in [9.17, 15) is 0 Å². The van der Waals surface area contributed by atoms with Crippen molar-refractivity contribution >= 4 is 0 Å². The highest BCUT2D eigenvalue weighted by Crippen LogP contribution is 2.17. The Morgan fingerprint density at radius 2 is 1.70 bits per heavy atom. The van der Waals surface area contributed by atoms with Gasteiger partial charge in [-0.05, 0) is 19.3 Å². The number of quaternary nitrogens is 1. The monoisotopic (exact) mass is 324 g/mol. The lowest BCUT2D eigenvalue weighted by molar-refractivity contribution is -0.965. The molecule has 0 spiro atoms. The molecule has 0 amide bonds. The van der Waals surface area contributed by atoms with Crippen LogP contribution < -0.4 is 4.90 Å². The second-order valence-electron chi connectivity index (χ2n) is 7.43. The summed E-state index contributed by atoms with van der Waals surface area (Å²) in [6.07, 6.45) is 19.7. The summed E-state index contributed by atoms with van der Waals surface area (Å²) in [6.45, 7) is 8.68. The van der Waals surface area contributed by atoms with Crippen LogP contribution in [0.4, 0.5) is 4.39 Å². The van der Waals surface area contributed by atoms with Crippen molar-refractivity contribution in [2.45, 2.75) is 90.8 Å². The Kier molecular flexibility index (Phi) is 10.5. The third-order valence-corrected chi connectivity index (χ3v) is 5.07. The largest absolute Gasteiger partial charge is 0.299 e. The molecule has 0 aromatic heterocycles. The first kappa shape index (κ1) is 20.4. The van der Waals surface area contributed by atoms with Gasteiger partial charge in [-0.3, -0.25) is 4.90 Å². The zero-order valence-corrected chi connectivity index (χ0v) is 15.7. The maximum absolute atomic E-state index is 15.3. The van der Waals surface area contributed by atoms with Crippen molar-refractivity contribution in [2.24, 2.45) is 5.92 Å². The number of allylic oxidation sites excluding steroid dienone is 2. The number of unbranched alkanes of at least 4 members (excludes halogenated alkanes) is 6. The zero-order valence-electron chi connectivity index (χ0n) is 15.7. The number of rotatable bonds is 13. The third kappa shape index (κ3) is 8.15. The molecule has 23 heavy (non-hydrogen) atoms. The van der Waals surface area contributed by atoms with Crippen LogP contribution >= 0.6 is 0 Å². The van der Waals surface area contributed by atoms with Crippen molar-refractivity contribution in [3.8, 4) is 0 Å². The Morgan fingerprint density at radius 3 is 2.30 bits per heavy atom. The quantitative estimate of drug-likeness (QED) is 0.349. The van der Waals surface area contributed by atoms with Crippen molar-refractivity contribution in [1.29, 1.82) is 0 Å². The van der Waals surface area contributed by atoms with Crippen molar-refractivity contribution in [3.63, 3.8) is 0 Å². The lowest BCUT2D eigenvalue weighted by Crippen LogP contribution is -3.19. The predicted octanol–water partition coefficient (Wildman–Crippen LogP) is 5.24. The van der Waals surface area contributed by atoms with Crippen LogP contribution in [-0.4, -0.2) is 18.9 Å². The number of nitrogens with one attached hydrogen (secondary N) is 1. The van der Waals surface area contributed by atoms with Gasteiger partial charge in [0.15, 0.2) is 0 Å². The van der Waals surface area contributed by atoms with Gasteiger partial charge in [-0.15, -0.1) is 0 Å². The van der Waals surface area contributed by atoms with Crippen molar-refractivity contribution in [2.75, 3.05) is 13.1 Å². The SMILES string of the molecule is CCCCCCCCC[NH+](CC(C)CCC)C1(F)C=CC=CC1. The van der Waals surface area contributed by atoms with E-state index >= 15 is 4.39 Å². The number of alkyl halides is 1. The van der Waals surface area contributed by atoms with Crippen molar-refractivity contribution < 1.29 is 9.29 Å². The van der Waals surface area contributed by atoms with Crippen LogP contribution in [0.25, 0.3) is 0 Å². The van der Waals surface area contributed by atoms with Gasteiger partial charge in [-0.1, -0.05) is 77.5 Å². The van der Waals surface area contributed by atoms with Gasteiger partial charge in [0, 0.05) is 12.0 Å². The molecule has 0 heterocycles. The molecular weight excluding hydrogens is 285 g/mol. The van der Waals surface area contributed by atoms with Crippen LogP contribution in [0, 0.1) is 5.92 Å². The predicted molar refractivity (Wildman–Crippen MR) is 99.5 cm³/mol. The van der Waals surface area contributed by atoms with Crippen LogP contribution in [0.15, 0.2) is 24.3 Å². The number of hydrogen-bond donors (Lipinski definition) is 1. The Hall–Kier alpha value is -0.630. The molecule has 1 rings (SSSR count). The van der Waals surface area contributed by atoms with Gasteiger partial charge < -0.3 is 0 Å². The maximum atomic E-state index is 15.3. The van der Waals surface area contributed by atoms with Gasteiger partial charge in [-0.2, -0.15) is 4.39 Å². The van der Waals surface area contributed by atoms with E-state index < -0.39 is 5.79 Å².